The average molecular weight is 605 g/mol. The van der Waals surface area contributed by atoms with Crippen molar-refractivity contribution in [1.29, 1.82) is 0 Å². The molecule has 0 radical (unpaired) electrons. The molecule has 4 aromatic rings. The Hall–Kier alpha value is -4.34. The lowest BCUT2D eigenvalue weighted by molar-refractivity contribution is -0.138. The molecule has 1 aliphatic heterocycles. The SMILES string of the molecule is CCOC(=O)C1=C(c2ccccc2)N=c2s/c(=C\c3cc(Cl)ccc3OCC)c(=O)n2[C@H]1c1ccc(OC)cc1OC. The second-order valence-corrected chi connectivity index (χ2v) is 10.6. The molecule has 0 aliphatic carbocycles. The Balaban J connectivity index is 1.86. The van der Waals surface area contributed by atoms with Crippen molar-refractivity contribution in [2.45, 2.75) is 19.9 Å². The average Bonchev–Trinajstić information content (AvgIpc) is 3.32. The van der Waals surface area contributed by atoms with Crippen LogP contribution in [0.3, 0.4) is 0 Å². The Bertz CT molecular complexity index is 1840. The number of hydrogen-bond donors (Lipinski definition) is 0. The number of benzene rings is 3. The monoisotopic (exact) mass is 604 g/mol. The summed E-state index contributed by atoms with van der Waals surface area (Å²) < 4.78 is 24.4. The van der Waals surface area contributed by atoms with Crippen LogP contribution in [-0.2, 0) is 9.53 Å². The van der Waals surface area contributed by atoms with Crippen molar-refractivity contribution in [3.63, 3.8) is 0 Å². The third-order valence-electron chi connectivity index (χ3n) is 6.67. The van der Waals surface area contributed by atoms with E-state index in [-0.39, 0.29) is 17.7 Å². The third-order valence-corrected chi connectivity index (χ3v) is 7.89. The van der Waals surface area contributed by atoms with Gasteiger partial charge in [-0.3, -0.25) is 9.36 Å². The number of aromatic nitrogens is 1. The van der Waals surface area contributed by atoms with Gasteiger partial charge in [0.25, 0.3) is 5.56 Å². The van der Waals surface area contributed by atoms with Crippen molar-refractivity contribution in [2.24, 2.45) is 4.99 Å². The van der Waals surface area contributed by atoms with E-state index in [2.05, 4.69) is 0 Å². The van der Waals surface area contributed by atoms with Crippen LogP contribution < -0.4 is 29.1 Å². The highest BCUT2D eigenvalue weighted by Crippen LogP contribution is 2.40. The summed E-state index contributed by atoms with van der Waals surface area (Å²) in [7, 11) is 3.09. The van der Waals surface area contributed by atoms with E-state index < -0.39 is 12.0 Å². The number of rotatable bonds is 9. The Morgan fingerprint density at radius 2 is 1.79 bits per heavy atom. The highest BCUT2D eigenvalue weighted by molar-refractivity contribution is 7.07. The minimum Gasteiger partial charge on any atom is -0.497 e. The fourth-order valence-electron chi connectivity index (χ4n) is 4.84. The van der Waals surface area contributed by atoms with Crippen LogP contribution in [0.15, 0.2) is 82.1 Å². The molecule has 3 aromatic carbocycles. The molecule has 0 N–H and O–H groups in total. The van der Waals surface area contributed by atoms with Gasteiger partial charge in [-0.1, -0.05) is 53.3 Å². The van der Waals surface area contributed by atoms with Gasteiger partial charge in [-0.05, 0) is 50.3 Å². The van der Waals surface area contributed by atoms with Gasteiger partial charge < -0.3 is 18.9 Å². The maximum absolute atomic E-state index is 14.2. The van der Waals surface area contributed by atoms with Gasteiger partial charge in [-0.2, -0.15) is 0 Å². The number of esters is 1. The number of fused-ring (bicyclic) bond motifs is 1. The largest absolute Gasteiger partial charge is 0.497 e. The molecule has 0 bridgehead atoms. The van der Waals surface area contributed by atoms with Crippen LogP contribution in [0, 0.1) is 0 Å². The van der Waals surface area contributed by atoms with E-state index >= 15 is 0 Å². The van der Waals surface area contributed by atoms with Crippen LogP contribution in [0.4, 0.5) is 0 Å². The van der Waals surface area contributed by atoms with Crippen LogP contribution >= 0.6 is 22.9 Å². The van der Waals surface area contributed by atoms with Gasteiger partial charge in [0.05, 0.1) is 43.2 Å². The van der Waals surface area contributed by atoms with Crippen LogP contribution in [0.25, 0.3) is 11.8 Å². The molecule has 0 unspecified atom stereocenters. The summed E-state index contributed by atoms with van der Waals surface area (Å²) in [6.07, 6.45) is 1.74. The predicted octanol–water partition coefficient (Wildman–Crippen LogP) is 5.00. The molecule has 0 saturated carbocycles. The van der Waals surface area contributed by atoms with E-state index in [1.807, 2.05) is 37.3 Å². The minimum absolute atomic E-state index is 0.149. The first-order valence-electron chi connectivity index (χ1n) is 13.3. The van der Waals surface area contributed by atoms with Gasteiger partial charge in [-0.25, -0.2) is 9.79 Å². The Morgan fingerprint density at radius 1 is 1.00 bits per heavy atom. The Morgan fingerprint density at radius 3 is 2.48 bits per heavy atom. The van der Waals surface area contributed by atoms with Crippen molar-refractivity contribution in [3.8, 4) is 17.2 Å². The lowest BCUT2D eigenvalue weighted by atomic mass is 9.92. The lowest BCUT2D eigenvalue weighted by Gasteiger charge is -2.27. The normalized spacial score (nSPS) is 14.7. The maximum atomic E-state index is 14.2. The first-order valence-corrected chi connectivity index (χ1v) is 14.5. The van der Waals surface area contributed by atoms with Gasteiger partial charge in [0, 0.05) is 27.8 Å². The summed E-state index contributed by atoms with van der Waals surface area (Å²) >= 11 is 7.51. The number of methoxy groups -OCH3 is 2. The molecule has 0 fully saturated rings. The fourth-order valence-corrected chi connectivity index (χ4v) is 6.01. The van der Waals surface area contributed by atoms with Crippen LogP contribution in [0.2, 0.25) is 5.02 Å². The molecule has 0 amide bonds. The summed E-state index contributed by atoms with van der Waals surface area (Å²) in [5.41, 5.74) is 2.25. The molecule has 42 heavy (non-hydrogen) atoms. The van der Waals surface area contributed by atoms with Crippen molar-refractivity contribution in [1.82, 2.24) is 4.57 Å². The zero-order valence-corrected chi connectivity index (χ0v) is 25.1. The fraction of sp³-hybridized carbons (Fsp3) is 0.219. The smallest absolute Gasteiger partial charge is 0.338 e. The zero-order valence-electron chi connectivity index (χ0n) is 23.5. The van der Waals surface area contributed by atoms with Crippen molar-refractivity contribution >= 4 is 40.7 Å². The van der Waals surface area contributed by atoms with Gasteiger partial charge in [-0.15, -0.1) is 0 Å². The van der Waals surface area contributed by atoms with Crippen LogP contribution in [0.5, 0.6) is 17.2 Å². The van der Waals surface area contributed by atoms with Gasteiger partial charge in [0.2, 0.25) is 0 Å². The molecule has 0 saturated heterocycles. The van der Waals surface area contributed by atoms with E-state index in [1.165, 1.54) is 23.0 Å². The second-order valence-electron chi connectivity index (χ2n) is 9.15. The molecule has 10 heteroatoms. The molecule has 216 valence electrons. The van der Waals surface area contributed by atoms with E-state index in [9.17, 15) is 9.59 Å². The topological polar surface area (TPSA) is 88.4 Å². The minimum atomic E-state index is -0.899. The quantitative estimate of drug-likeness (QED) is 0.250. The van der Waals surface area contributed by atoms with Gasteiger partial charge in [0.15, 0.2) is 4.80 Å². The first-order chi connectivity index (χ1) is 20.4. The van der Waals surface area contributed by atoms with Gasteiger partial charge in [0.1, 0.15) is 23.3 Å². The Kier molecular flexibility index (Phi) is 8.80. The number of ether oxygens (including phenoxy) is 4. The van der Waals surface area contributed by atoms with E-state index in [0.717, 1.165) is 0 Å². The molecule has 5 rings (SSSR count). The number of carbonyl (C=O) groups excluding carboxylic acids is 1. The number of carbonyl (C=O) groups is 1. The van der Waals surface area contributed by atoms with E-state index in [0.29, 0.717) is 60.6 Å². The molecule has 1 aliphatic rings. The van der Waals surface area contributed by atoms with Crippen LogP contribution in [0.1, 0.15) is 36.6 Å². The molecule has 0 spiro atoms. The molecule has 1 atom stereocenters. The summed E-state index contributed by atoms with van der Waals surface area (Å²) in [5, 5.41) is 0.509. The Labute approximate surface area is 251 Å². The molecule has 1 aromatic heterocycles. The number of thiazole rings is 1. The number of hydrogen-bond acceptors (Lipinski definition) is 8. The summed E-state index contributed by atoms with van der Waals surface area (Å²) in [4.78, 5) is 33.2. The summed E-state index contributed by atoms with van der Waals surface area (Å²) in [6, 6.07) is 19.0. The molecule has 2 heterocycles. The molecular formula is C32H29ClN2O6S. The highest BCUT2D eigenvalue weighted by atomic mass is 35.5. The first kappa shape index (κ1) is 29.2. The second kappa shape index (κ2) is 12.7. The van der Waals surface area contributed by atoms with Crippen molar-refractivity contribution in [2.75, 3.05) is 27.4 Å². The van der Waals surface area contributed by atoms with Crippen LogP contribution in [-0.4, -0.2) is 38.0 Å². The molecular weight excluding hydrogens is 576 g/mol. The number of halogens is 1. The zero-order chi connectivity index (χ0) is 29.8. The maximum Gasteiger partial charge on any atom is 0.338 e. The van der Waals surface area contributed by atoms with E-state index in [4.69, 9.17) is 35.5 Å². The summed E-state index contributed by atoms with van der Waals surface area (Å²) in [6.45, 7) is 4.22. The molecule has 8 nitrogen and oxygen atoms in total. The van der Waals surface area contributed by atoms with Crippen molar-refractivity contribution in [3.05, 3.63) is 114 Å². The van der Waals surface area contributed by atoms with E-state index in [1.54, 1.807) is 56.5 Å². The summed E-state index contributed by atoms with van der Waals surface area (Å²) in [5.74, 6) is 1.03. The predicted molar refractivity (Wildman–Crippen MR) is 163 cm³/mol. The number of nitrogens with zero attached hydrogens (tertiary/aromatic N) is 2. The van der Waals surface area contributed by atoms with Crippen molar-refractivity contribution < 1.29 is 23.7 Å². The third kappa shape index (κ3) is 5.57. The standard InChI is InChI=1S/C32H29ClN2O6S/c1-5-40-24-15-12-21(33)16-20(24)17-26-30(36)35-29(23-14-13-22(38-3)18-25(23)39-4)27(31(37)41-6-2)28(34-32(35)42-26)19-10-8-7-9-11-19/h7-18,29H,5-6H2,1-4H3/b26-17-/t29-/m0/s1. The lowest BCUT2D eigenvalue weighted by Crippen LogP contribution is -2.40. The van der Waals surface area contributed by atoms with Gasteiger partial charge >= 0.3 is 5.97 Å². The highest BCUT2D eigenvalue weighted by Gasteiger charge is 2.36.